The van der Waals surface area contributed by atoms with E-state index in [1.807, 2.05) is 6.07 Å². The fraction of sp³-hybridized carbons (Fsp3) is 0.519. The Kier molecular flexibility index (Phi) is 15.1. The van der Waals surface area contributed by atoms with Gasteiger partial charge in [-0.2, -0.15) is 0 Å². The van der Waals surface area contributed by atoms with Crippen molar-refractivity contribution in [3.63, 3.8) is 0 Å². The van der Waals surface area contributed by atoms with E-state index in [9.17, 15) is 15.0 Å². The molecule has 0 bridgehead atoms. The molecule has 1 unspecified atom stereocenters. The molecule has 0 saturated heterocycles. The van der Waals surface area contributed by atoms with Crippen molar-refractivity contribution >= 4 is 28.6 Å². The molecule has 0 amide bonds. The van der Waals surface area contributed by atoms with E-state index in [0.29, 0.717) is 44.1 Å². The summed E-state index contributed by atoms with van der Waals surface area (Å²) in [5.74, 6) is 0.0161. The highest BCUT2D eigenvalue weighted by atomic mass is 127. The Bertz CT molecular complexity index is 879. The average Bonchev–Trinajstić information content (AvgIpc) is 2.83. The van der Waals surface area contributed by atoms with Crippen LogP contribution in [0.5, 0.6) is 5.75 Å². The third kappa shape index (κ3) is 12.8. The molecule has 0 aromatic heterocycles. The van der Waals surface area contributed by atoms with Crippen molar-refractivity contribution in [2.75, 3.05) is 39.5 Å². The summed E-state index contributed by atoms with van der Waals surface area (Å²) in [7, 11) is 0. The highest BCUT2D eigenvalue weighted by Crippen LogP contribution is 2.24. The first-order valence-electron chi connectivity index (χ1n) is 12.2. The van der Waals surface area contributed by atoms with Crippen LogP contribution < -0.4 is 10.1 Å². The van der Waals surface area contributed by atoms with Gasteiger partial charge in [0.2, 0.25) is 0 Å². The van der Waals surface area contributed by atoms with Crippen molar-refractivity contribution < 1.29 is 29.2 Å². The lowest BCUT2D eigenvalue weighted by Crippen LogP contribution is -2.22. The first-order valence-corrected chi connectivity index (χ1v) is 13.3. The second kappa shape index (κ2) is 17.8. The van der Waals surface area contributed by atoms with Crippen LogP contribution in [0.25, 0.3) is 0 Å². The predicted molar refractivity (Wildman–Crippen MR) is 144 cm³/mol. The molecule has 2 rings (SSSR count). The molecule has 3 N–H and O–H groups in total. The number of benzene rings is 2. The predicted octanol–water partition coefficient (Wildman–Crippen LogP) is 4.17. The summed E-state index contributed by atoms with van der Waals surface area (Å²) < 4.78 is 17.7. The standard InChI is InChI=1S/C27H38INO6/c1-21(31)35-27-10-9-23(18-24(27)11-13-30)26(32)19-29-12-4-2-3-5-14-33-15-16-34-20-22-7-6-8-25(28)17-22/h6-10,17-18,26,29-30,32H,2-5,11-16,19-20H2,1H3. The van der Waals surface area contributed by atoms with Gasteiger partial charge in [0, 0.05) is 30.3 Å². The second-order valence-electron chi connectivity index (χ2n) is 8.36. The van der Waals surface area contributed by atoms with E-state index >= 15 is 0 Å². The number of halogens is 1. The highest BCUT2D eigenvalue weighted by molar-refractivity contribution is 14.1. The Morgan fingerprint density at radius 1 is 1.03 bits per heavy atom. The van der Waals surface area contributed by atoms with Crippen LogP contribution in [0.3, 0.4) is 0 Å². The highest BCUT2D eigenvalue weighted by Gasteiger charge is 2.12. The molecule has 2 aromatic carbocycles. The topological polar surface area (TPSA) is 97.3 Å². The molecular formula is C27H38INO6. The maximum atomic E-state index is 11.2. The van der Waals surface area contributed by atoms with Crippen LogP contribution in [0.4, 0.5) is 0 Å². The fourth-order valence-corrected chi connectivity index (χ4v) is 4.19. The molecule has 0 spiro atoms. The van der Waals surface area contributed by atoms with E-state index in [4.69, 9.17) is 14.2 Å². The fourth-order valence-electron chi connectivity index (χ4n) is 3.58. The molecule has 0 saturated carbocycles. The summed E-state index contributed by atoms with van der Waals surface area (Å²) in [5.41, 5.74) is 2.62. The molecule has 35 heavy (non-hydrogen) atoms. The largest absolute Gasteiger partial charge is 0.426 e. The first-order chi connectivity index (χ1) is 17.0. The number of rotatable bonds is 18. The summed E-state index contributed by atoms with van der Waals surface area (Å²) in [5, 5.41) is 23.0. The molecule has 0 aliphatic rings. The number of esters is 1. The van der Waals surface area contributed by atoms with Crippen molar-refractivity contribution in [3.05, 3.63) is 62.7 Å². The number of unbranched alkanes of at least 4 members (excludes halogenated alkanes) is 3. The lowest BCUT2D eigenvalue weighted by atomic mass is 10.0. The molecule has 7 nitrogen and oxygen atoms in total. The van der Waals surface area contributed by atoms with E-state index in [1.54, 1.807) is 18.2 Å². The van der Waals surface area contributed by atoms with Gasteiger partial charge in [-0.3, -0.25) is 4.79 Å². The number of aliphatic hydroxyl groups is 2. The smallest absolute Gasteiger partial charge is 0.308 e. The quantitative estimate of drug-likeness (QED) is 0.103. The molecule has 0 aliphatic heterocycles. The molecule has 8 heteroatoms. The summed E-state index contributed by atoms with van der Waals surface area (Å²) in [6, 6.07) is 13.5. The van der Waals surface area contributed by atoms with Crippen LogP contribution in [0.2, 0.25) is 0 Å². The van der Waals surface area contributed by atoms with Gasteiger partial charge in [0.1, 0.15) is 5.75 Å². The normalized spacial score (nSPS) is 12.0. The zero-order valence-corrected chi connectivity index (χ0v) is 22.7. The summed E-state index contributed by atoms with van der Waals surface area (Å²) in [4.78, 5) is 11.2. The van der Waals surface area contributed by atoms with Crippen LogP contribution >= 0.6 is 22.6 Å². The van der Waals surface area contributed by atoms with Crippen LogP contribution in [0.15, 0.2) is 42.5 Å². The van der Waals surface area contributed by atoms with Gasteiger partial charge in [-0.05, 0) is 89.4 Å². The molecule has 0 heterocycles. The number of hydrogen-bond donors (Lipinski definition) is 3. The van der Waals surface area contributed by atoms with Crippen molar-refractivity contribution in [3.8, 4) is 5.75 Å². The first kappa shape index (κ1) is 29.7. The molecule has 2 aromatic rings. The zero-order chi connectivity index (χ0) is 25.3. The molecule has 194 valence electrons. The Hall–Kier alpha value is -1.56. The summed E-state index contributed by atoms with van der Waals surface area (Å²) in [6.45, 7) is 5.14. The van der Waals surface area contributed by atoms with Gasteiger partial charge in [-0.1, -0.05) is 31.0 Å². The Labute approximate surface area is 222 Å². The van der Waals surface area contributed by atoms with Gasteiger partial charge in [0.25, 0.3) is 0 Å². The van der Waals surface area contributed by atoms with Crippen molar-refractivity contribution in [1.82, 2.24) is 5.32 Å². The van der Waals surface area contributed by atoms with Gasteiger partial charge >= 0.3 is 5.97 Å². The Morgan fingerprint density at radius 2 is 1.83 bits per heavy atom. The summed E-state index contributed by atoms with van der Waals surface area (Å²) in [6.07, 6.45) is 3.97. The number of carbonyl (C=O) groups is 1. The second-order valence-corrected chi connectivity index (χ2v) is 9.61. The number of aliphatic hydroxyl groups excluding tert-OH is 2. The van der Waals surface area contributed by atoms with Crippen molar-refractivity contribution in [2.24, 2.45) is 0 Å². The summed E-state index contributed by atoms with van der Waals surface area (Å²) >= 11 is 2.30. The molecule has 0 fully saturated rings. The minimum atomic E-state index is -0.667. The van der Waals surface area contributed by atoms with Crippen LogP contribution in [-0.2, 0) is 27.3 Å². The van der Waals surface area contributed by atoms with E-state index in [2.05, 4.69) is 46.1 Å². The van der Waals surface area contributed by atoms with Gasteiger partial charge in [0.15, 0.2) is 0 Å². The average molecular weight is 600 g/mol. The lowest BCUT2D eigenvalue weighted by molar-refractivity contribution is -0.131. The van der Waals surface area contributed by atoms with Crippen LogP contribution in [0.1, 0.15) is 55.4 Å². The van der Waals surface area contributed by atoms with Gasteiger partial charge in [-0.25, -0.2) is 0 Å². The van der Waals surface area contributed by atoms with E-state index in [-0.39, 0.29) is 6.61 Å². The number of nitrogens with one attached hydrogen (secondary N) is 1. The third-order valence-corrected chi connectivity index (χ3v) is 6.03. The molecule has 0 radical (unpaired) electrons. The van der Waals surface area contributed by atoms with E-state index in [1.165, 1.54) is 16.1 Å². The van der Waals surface area contributed by atoms with Gasteiger partial charge in [0.05, 0.1) is 25.9 Å². The van der Waals surface area contributed by atoms with Gasteiger partial charge in [-0.15, -0.1) is 0 Å². The SMILES string of the molecule is CC(=O)Oc1ccc(C(O)CNCCCCCCOCCOCc2cccc(I)c2)cc1CCO. The third-order valence-electron chi connectivity index (χ3n) is 5.36. The van der Waals surface area contributed by atoms with E-state index < -0.39 is 12.1 Å². The van der Waals surface area contributed by atoms with Crippen LogP contribution in [0, 0.1) is 3.57 Å². The van der Waals surface area contributed by atoms with E-state index in [0.717, 1.165) is 44.4 Å². The minimum Gasteiger partial charge on any atom is -0.426 e. The minimum absolute atomic E-state index is 0.0569. The zero-order valence-electron chi connectivity index (χ0n) is 20.5. The van der Waals surface area contributed by atoms with Crippen LogP contribution in [-0.4, -0.2) is 55.7 Å². The maximum absolute atomic E-state index is 11.2. The van der Waals surface area contributed by atoms with Crippen molar-refractivity contribution in [1.29, 1.82) is 0 Å². The maximum Gasteiger partial charge on any atom is 0.308 e. The van der Waals surface area contributed by atoms with Crippen molar-refractivity contribution in [2.45, 2.75) is 51.7 Å². The Morgan fingerprint density at radius 3 is 2.60 bits per heavy atom. The number of ether oxygens (including phenoxy) is 3. The molecular weight excluding hydrogens is 561 g/mol. The molecule has 0 aliphatic carbocycles. The number of hydrogen-bond acceptors (Lipinski definition) is 7. The Balaban J connectivity index is 1.48. The lowest BCUT2D eigenvalue weighted by Gasteiger charge is -2.15. The monoisotopic (exact) mass is 599 g/mol. The number of carbonyl (C=O) groups excluding carboxylic acids is 1. The molecule has 1 atom stereocenters. The van der Waals surface area contributed by atoms with Gasteiger partial charge < -0.3 is 29.7 Å².